The highest BCUT2D eigenvalue weighted by molar-refractivity contribution is 7.11. The number of thiophene rings is 1. The fourth-order valence-corrected chi connectivity index (χ4v) is 2.56. The predicted molar refractivity (Wildman–Crippen MR) is 74.1 cm³/mol. The lowest BCUT2D eigenvalue weighted by Crippen LogP contribution is -2.23. The monoisotopic (exact) mass is 280 g/mol. The Bertz CT molecular complexity index is 553. The van der Waals surface area contributed by atoms with E-state index in [9.17, 15) is 4.79 Å². The second-order valence-corrected chi connectivity index (χ2v) is 5.39. The molecule has 1 amide bonds. The second kappa shape index (κ2) is 5.98. The number of aromatic nitrogens is 1. The van der Waals surface area contributed by atoms with E-state index in [1.807, 2.05) is 6.07 Å². The third-order valence-corrected chi connectivity index (χ3v) is 3.88. The van der Waals surface area contributed by atoms with Crippen molar-refractivity contribution in [1.29, 1.82) is 0 Å². The van der Waals surface area contributed by atoms with E-state index in [0.29, 0.717) is 17.4 Å². The third-order valence-electron chi connectivity index (χ3n) is 2.44. The first-order valence-electron chi connectivity index (χ1n) is 5.67. The summed E-state index contributed by atoms with van der Waals surface area (Å²) in [4.78, 5) is 18.2. The van der Waals surface area contributed by atoms with E-state index in [-0.39, 0.29) is 5.91 Å². The molecule has 2 heterocycles. The zero-order valence-corrected chi connectivity index (χ0v) is 11.5. The summed E-state index contributed by atoms with van der Waals surface area (Å²) in [5.74, 6) is -0.205. The molecule has 0 aromatic carbocycles. The SMILES string of the molecule is CCc1ccc(CNC(=O)c2cccc(Cl)n2)s1. The lowest BCUT2D eigenvalue weighted by atomic mass is 10.3. The van der Waals surface area contributed by atoms with E-state index in [4.69, 9.17) is 11.6 Å². The van der Waals surface area contributed by atoms with Crippen LogP contribution < -0.4 is 5.32 Å². The minimum Gasteiger partial charge on any atom is -0.346 e. The summed E-state index contributed by atoms with van der Waals surface area (Å²) in [6.45, 7) is 2.64. The number of nitrogens with zero attached hydrogens (tertiary/aromatic N) is 1. The summed E-state index contributed by atoms with van der Waals surface area (Å²) >= 11 is 7.45. The van der Waals surface area contributed by atoms with Gasteiger partial charge >= 0.3 is 0 Å². The predicted octanol–water partition coefficient (Wildman–Crippen LogP) is 3.29. The highest BCUT2D eigenvalue weighted by atomic mass is 35.5. The molecule has 2 aromatic rings. The Labute approximate surface area is 115 Å². The molecule has 2 rings (SSSR count). The molecule has 3 nitrogen and oxygen atoms in total. The Balaban J connectivity index is 1.96. The Morgan fingerprint density at radius 1 is 1.33 bits per heavy atom. The van der Waals surface area contributed by atoms with Crippen LogP contribution in [0.5, 0.6) is 0 Å². The topological polar surface area (TPSA) is 42.0 Å². The highest BCUT2D eigenvalue weighted by Gasteiger charge is 2.07. The van der Waals surface area contributed by atoms with Crippen LogP contribution in [-0.4, -0.2) is 10.9 Å². The van der Waals surface area contributed by atoms with Crippen LogP contribution in [0, 0.1) is 0 Å². The maximum absolute atomic E-state index is 11.8. The van der Waals surface area contributed by atoms with Crippen molar-refractivity contribution >= 4 is 28.8 Å². The first-order chi connectivity index (χ1) is 8.69. The van der Waals surface area contributed by atoms with Crippen LogP contribution in [0.25, 0.3) is 0 Å². The van der Waals surface area contributed by atoms with Crippen LogP contribution in [0.3, 0.4) is 0 Å². The average molecular weight is 281 g/mol. The number of rotatable bonds is 4. The Kier molecular flexibility index (Phi) is 4.33. The smallest absolute Gasteiger partial charge is 0.270 e. The number of halogens is 1. The first-order valence-corrected chi connectivity index (χ1v) is 6.87. The number of hydrogen-bond donors (Lipinski definition) is 1. The van der Waals surface area contributed by atoms with E-state index in [1.165, 1.54) is 4.88 Å². The van der Waals surface area contributed by atoms with Crippen molar-refractivity contribution in [3.05, 3.63) is 50.9 Å². The van der Waals surface area contributed by atoms with Crippen LogP contribution in [0.1, 0.15) is 27.2 Å². The number of pyridine rings is 1. The van der Waals surface area contributed by atoms with Gasteiger partial charge in [0, 0.05) is 9.75 Å². The van der Waals surface area contributed by atoms with E-state index in [1.54, 1.807) is 29.5 Å². The van der Waals surface area contributed by atoms with Gasteiger partial charge in [0.1, 0.15) is 10.8 Å². The number of nitrogens with one attached hydrogen (secondary N) is 1. The summed E-state index contributed by atoms with van der Waals surface area (Å²) in [5, 5.41) is 3.16. The Morgan fingerprint density at radius 3 is 2.78 bits per heavy atom. The molecule has 0 atom stereocenters. The van der Waals surface area contributed by atoms with Gasteiger partial charge < -0.3 is 5.32 Å². The fourth-order valence-electron chi connectivity index (χ4n) is 1.50. The van der Waals surface area contributed by atoms with Crippen LogP contribution in [0.2, 0.25) is 5.15 Å². The first kappa shape index (κ1) is 13.1. The van der Waals surface area contributed by atoms with Gasteiger partial charge in [-0.3, -0.25) is 4.79 Å². The molecule has 0 unspecified atom stereocenters. The summed E-state index contributed by atoms with van der Waals surface area (Å²) < 4.78 is 0. The van der Waals surface area contributed by atoms with E-state index >= 15 is 0 Å². The Morgan fingerprint density at radius 2 is 2.11 bits per heavy atom. The van der Waals surface area contributed by atoms with Crippen molar-refractivity contribution in [2.45, 2.75) is 19.9 Å². The second-order valence-electron chi connectivity index (χ2n) is 3.75. The van der Waals surface area contributed by atoms with Crippen molar-refractivity contribution < 1.29 is 4.79 Å². The van der Waals surface area contributed by atoms with Gasteiger partial charge in [-0.1, -0.05) is 24.6 Å². The van der Waals surface area contributed by atoms with Gasteiger partial charge in [-0.2, -0.15) is 0 Å². The van der Waals surface area contributed by atoms with Gasteiger partial charge in [-0.15, -0.1) is 11.3 Å². The van der Waals surface area contributed by atoms with Gasteiger partial charge in [0.05, 0.1) is 6.54 Å². The highest BCUT2D eigenvalue weighted by Crippen LogP contribution is 2.16. The van der Waals surface area contributed by atoms with Crippen LogP contribution in [0.4, 0.5) is 0 Å². The molecule has 5 heteroatoms. The summed E-state index contributed by atoms with van der Waals surface area (Å²) in [6.07, 6.45) is 1.02. The maximum atomic E-state index is 11.8. The van der Waals surface area contributed by atoms with Crippen molar-refractivity contribution in [3.8, 4) is 0 Å². The molecular weight excluding hydrogens is 268 g/mol. The summed E-state index contributed by atoms with van der Waals surface area (Å²) in [6, 6.07) is 9.13. The maximum Gasteiger partial charge on any atom is 0.270 e. The zero-order chi connectivity index (χ0) is 13.0. The summed E-state index contributed by atoms with van der Waals surface area (Å²) in [5.41, 5.74) is 0.342. The van der Waals surface area contributed by atoms with E-state index in [2.05, 4.69) is 23.3 Å². The molecule has 0 aliphatic rings. The zero-order valence-electron chi connectivity index (χ0n) is 9.94. The van der Waals surface area contributed by atoms with Crippen molar-refractivity contribution in [2.24, 2.45) is 0 Å². The molecule has 0 radical (unpaired) electrons. The van der Waals surface area contributed by atoms with Gasteiger partial charge in [0.25, 0.3) is 5.91 Å². The molecule has 0 bridgehead atoms. The molecule has 18 heavy (non-hydrogen) atoms. The molecule has 0 aliphatic carbocycles. The Hall–Kier alpha value is -1.39. The lowest BCUT2D eigenvalue weighted by molar-refractivity contribution is 0.0946. The average Bonchev–Trinajstić information content (AvgIpc) is 2.84. The quantitative estimate of drug-likeness (QED) is 0.873. The minimum atomic E-state index is -0.205. The fraction of sp³-hybridized carbons (Fsp3) is 0.231. The van der Waals surface area contributed by atoms with Gasteiger partial charge in [0.2, 0.25) is 0 Å². The van der Waals surface area contributed by atoms with Crippen LogP contribution >= 0.6 is 22.9 Å². The minimum absolute atomic E-state index is 0.205. The van der Waals surface area contributed by atoms with E-state index < -0.39 is 0 Å². The molecule has 1 N–H and O–H groups in total. The van der Waals surface area contributed by atoms with E-state index in [0.717, 1.165) is 11.3 Å². The van der Waals surface area contributed by atoms with Crippen molar-refractivity contribution in [2.75, 3.05) is 0 Å². The van der Waals surface area contributed by atoms with Crippen molar-refractivity contribution in [3.63, 3.8) is 0 Å². The molecule has 0 spiro atoms. The number of aryl methyl sites for hydroxylation is 1. The molecular formula is C13H13ClN2OS. The molecule has 0 aliphatic heterocycles. The molecule has 0 saturated heterocycles. The van der Waals surface area contributed by atoms with Gasteiger partial charge in [-0.05, 0) is 30.7 Å². The number of carbonyl (C=O) groups excluding carboxylic acids is 1. The van der Waals surface area contributed by atoms with Gasteiger partial charge in [-0.25, -0.2) is 4.98 Å². The van der Waals surface area contributed by atoms with Crippen LogP contribution in [0.15, 0.2) is 30.3 Å². The molecule has 2 aromatic heterocycles. The lowest BCUT2D eigenvalue weighted by Gasteiger charge is -2.03. The largest absolute Gasteiger partial charge is 0.346 e. The third kappa shape index (κ3) is 3.31. The normalized spacial score (nSPS) is 10.3. The molecule has 0 fully saturated rings. The van der Waals surface area contributed by atoms with Crippen LogP contribution in [-0.2, 0) is 13.0 Å². The molecule has 94 valence electrons. The summed E-state index contributed by atoms with van der Waals surface area (Å²) in [7, 11) is 0. The molecule has 0 saturated carbocycles. The number of carbonyl (C=O) groups is 1. The standard InChI is InChI=1S/C13H13ClN2OS/c1-2-9-6-7-10(18-9)8-15-13(17)11-4-3-5-12(14)16-11/h3-7H,2,8H2,1H3,(H,15,17). The number of hydrogen-bond acceptors (Lipinski definition) is 3. The van der Waals surface area contributed by atoms with Gasteiger partial charge in [0.15, 0.2) is 0 Å². The number of amides is 1. The van der Waals surface area contributed by atoms with Crippen molar-refractivity contribution in [1.82, 2.24) is 10.3 Å².